The molecule has 0 aliphatic heterocycles. The lowest BCUT2D eigenvalue weighted by Gasteiger charge is -2.06. The first-order valence-electron chi connectivity index (χ1n) is 6.82. The summed E-state index contributed by atoms with van der Waals surface area (Å²) in [6.07, 6.45) is 0. The molecule has 0 saturated heterocycles. The highest BCUT2D eigenvalue weighted by Gasteiger charge is 2.11. The number of allylic oxidation sites excluding steroid dienone is 1. The Labute approximate surface area is 124 Å². The molecule has 2 aromatic carbocycles. The van der Waals surface area contributed by atoms with E-state index in [-0.39, 0.29) is 0 Å². The second-order valence-corrected chi connectivity index (χ2v) is 5.06. The lowest BCUT2D eigenvalue weighted by molar-refractivity contribution is 0.870. The fourth-order valence-electron chi connectivity index (χ4n) is 2.25. The van der Waals surface area contributed by atoms with Crippen LogP contribution in [-0.2, 0) is 0 Å². The van der Waals surface area contributed by atoms with E-state index in [0.29, 0.717) is 0 Å². The van der Waals surface area contributed by atoms with Gasteiger partial charge >= 0.3 is 0 Å². The van der Waals surface area contributed by atoms with Gasteiger partial charge in [-0.25, -0.2) is 4.68 Å². The van der Waals surface area contributed by atoms with E-state index in [0.717, 1.165) is 33.9 Å². The van der Waals surface area contributed by atoms with Crippen LogP contribution in [0.5, 0.6) is 0 Å². The van der Waals surface area contributed by atoms with Crippen molar-refractivity contribution in [2.24, 2.45) is 0 Å². The highest BCUT2D eigenvalue weighted by atomic mass is 15.3. The summed E-state index contributed by atoms with van der Waals surface area (Å²) in [7, 11) is 0. The van der Waals surface area contributed by atoms with Crippen LogP contribution in [0.3, 0.4) is 0 Å². The number of hydrogen-bond donors (Lipinski definition) is 1. The van der Waals surface area contributed by atoms with Crippen molar-refractivity contribution >= 4 is 11.3 Å². The van der Waals surface area contributed by atoms with E-state index in [9.17, 15) is 0 Å². The predicted octanol–water partition coefficient (Wildman–Crippen LogP) is 4.15. The third kappa shape index (κ3) is 2.58. The second kappa shape index (κ2) is 5.29. The standard InChI is InChI=1S/C18H17N3/c1-13(2)18-12-17(14-8-10-15(19)11-9-14)20-21(18)16-6-4-3-5-7-16/h3-12H,1,19H2,2H3. The van der Waals surface area contributed by atoms with Gasteiger partial charge in [0.1, 0.15) is 0 Å². The first-order valence-corrected chi connectivity index (χ1v) is 6.82. The van der Waals surface area contributed by atoms with Gasteiger partial charge in [0.2, 0.25) is 0 Å². The Morgan fingerprint density at radius 3 is 2.33 bits per heavy atom. The van der Waals surface area contributed by atoms with Crippen LogP contribution in [0.15, 0.2) is 67.2 Å². The molecule has 0 aliphatic carbocycles. The molecular weight excluding hydrogens is 258 g/mol. The third-order valence-corrected chi connectivity index (χ3v) is 3.35. The number of rotatable bonds is 3. The van der Waals surface area contributed by atoms with E-state index in [1.165, 1.54) is 0 Å². The lowest BCUT2D eigenvalue weighted by Crippen LogP contribution is -2.00. The molecule has 0 aliphatic rings. The van der Waals surface area contributed by atoms with Gasteiger partial charge in [-0.1, -0.05) is 36.9 Å². The maximum atomic E-state index is 5.74. The molecule has 3 nitrogen and oxygen atoms in total. The molecule has 0 saturated carbocycles. The number of benzene rings is 2. The normalized spacial score (nSPS) is 10.5. The van der Waals surface area contributed by atoms with Gasteiger partial charge in [0.15, 0.2) is 0 Å². The van der Waals surface area contributed by atoms with Gasteiger partial charge in [-0.3, -0.25) is 0 Å². The molecular formula is C18H17N3. The third-order valence-electron chi connectivity index (χ3n) is 3.35. The Morgan fingerprint density at radius 1 is 1.05 bits per heavy atom. The summed E-state index contributed by atoms with van der Waals surface area (Å²) in [5.41, 5.74) is 11.5. The fourth-order valence-corrected chi connectivity index (χ4v) is 2.25. The van der Waals surface area contributed by atoms with Gasteiger partial charge in [-0.05, 0) is 42.8 Å². The number of aromatic nitrogens is 2. The Morgan fingerprint density at radius 2 is 1.71 bits per heavy atom. The summed E-state index contributed by atoms with van der Waals surface area (Å²) in [6.45, 7) is 6.04. The maximum Gasteiger partial charge on any atom is 0.0934 e. The first kappa shape index (κ1) is 13.2. The molecule has 2 N–H and O–H groups in total. The van der Waals surface area contributed by atoms with Crippen molar-refractivity contribution in [1.82, 2.24) is 9.78 Å². The zero-order chi connectivity index (χ0) is 14.8. The molecule has 0 radical (unpaired) electrons. The number of anilines is 1. The average Bonchev–Trinajstić information content (AvgIpc) is 2.94. The fraction of sp³-hybridized carbons (Fsp3) is 0.0556. The summed E-state index contributed by atoms with van der Waals surface area (Å²) < 4.78 is 1.92. The molecule has 3 rings (SSSR count). The molecule has 21 heavy (non-hydrogen) atoms. The maximum absolute atomic E-state index is 5.74. The van der Waals surface area contributed by atoms with E-state index in [1.807, 2.05) is 66.2 Å². The Hall–Kier alpha value is -2.81. The van der Waals surface area contributed by atoms with Crippen LogP contribution in [0.25, 0.3) is 22.5 Å². The Kier molecular flexibility index (Phi) is 3.32. The van der Waals surface area contributed by atoms with Crippen molar-refractivity contribution in [1.29, 1.82) is 0 Å². The largest absolute Gasteiger partial charge is 0.399 e. The topological polar surface area (TPSA) is 43.8 Å². The van der Waals surface area contributed by atoms with Crippen molar-refractivity contribution in [3.05, 3.63) is 72.9 Å². The van der Waals surface area contributed by atoms with E-state index in [1.54, 1.807) is 0 Å². The molecule has 1 heterocycles. The molecule has 3 aromatic rings. The minimum absolute atomic E-state index is 0.751. The van der Waals surface area contributed by atoms with E-state index in [2.05, 4.69) is 12.6 Å². The quantitative estimate of drug-likeness (QED) is 0.729. The van der Waals surface area contributed by atoms with Crippen LogP contribution in [0.2, 0.25) is 0 Å². The average molecular weight is 275 g/mol. The van der Waals surface area contributed by atoms with Crippen LogP contribution in [0.4, 0.5) is 5.69 Å². The smallest absolute Gasteiger partial charge is 0.0934 e. The van der Waals surface area contributed by atoms with Crippen LogP contribution in [0, 0.1) is 0 Å². The summed E-state index contributed by atoms with van der Waals surface area (Å²) in [6, 6.07) is 19.9. The van der Waals surface area contributed by atoms with Crippen molar-refractivity contribution in [3.8, 4) is 16.9 Å². The molecule has 0 fully saturated rings. The van der Waals surface area contributed by atoms with Gasteiger partial charge in [0.25, 0.3) is 0 Å². The van der Waals surface area contributed by atoms with Crippen molar-refractivity contribution < 1.29 is 0 Å². The SMILES string of the molecule is C=C(C)c1cc(-c2ccc(N)cc2)nn1-c1ccccc1. The summed E-state index contributed by atoms with van der Waals surface area (Å²) in [4.78, 5) is 0. The van der Waals surface area contributed by atoms with Crippen molar-refractivity contribution in [3.63, 3.8) is 0 Å². The van der Waals surface area contributed by atoms with E-state index in [4.69, 9.17) is 10.8 Å². The Bertz CT molecular complexity index is 768. The molecule has 104 valence electrons. The van der Waals surface area contributed by atoms with Gasteiger partial charge in [-0.15, -0.1) is 0 Å². The van der Waals surface area contributed by atoms with Gasteiger partial charge in [0.05, 0.1) is 17.1 Å². The van der Waals surface area contributed by atoms with Gasteiger partial charge in [-0.2, -0.15) is 5.10 Å². The monoisotopic (exact) mass is 275 g/mol. The lowest BCUT2D eigenvalue weighted by atomic mass is 10.1. The minimum atomic E-state index is 0.751. The number of nitrogens with two attached hydrogens (primary N) is 1. The minimum Gasteiger partial charge on any atom is -0.399 e. The number of hydrogen-bond acceptors (Lipinski definition) is 2. The van der Waals surface area contributed by atoms with Gasteiger partial charge < -0.3 is 5.73 Å². The molecule has 3 heteroatoms. The molecule has 1 aromatic heterocycles. The summed E-state index contributed by atoms with van der Waals surface area (Å²) >= 11 is 0. The molecule has 0 amide bonds. The highest BCUT2D eigenvalue weighted by Crippen LogP contribution is 2.25. The zero-order valence-corrected chi connectivity index (χ0v) is 12.0. The first-order chi connectivity index (χ1) is 10.1. The van der Waals surface area contributed by atoms with Crippen LogP contribution in [-0.4, -0.2) is 9.78 Å². The highest BCUT2D eigenvalue weighted by molar-refractivity contribution is 5.69. The molecule has 0 unspecified atom stereocenters. The van der Waals surface area contributed by atoms with E-state index < -0.39 is 0 Å². The van der Waals surface area contributed by atoms with Crippen molar-refractivity contribution in [2.45, 2.75) is 6.92 Å². The molecule has 0 bridgehead atoms. The van der Waals surface area contributed by atoms with Crippen LogP contribution in [0.1, 0.15) is 12.6 Å². The molecule has 0 atom stereocenters. The predicted molar refractivity (Wildman–Crippen MR) is 88.1 cm³/mol. The number of nitrogen functional groups attached to an aromatic ring is 1. The summed E-state index contributed by atoms with van der Waals surface area (Å²) in [5.74, 6) is 0. The second-order valence-electron chi connectivity index (χ2n) is 5.06. The number of nitrogens with zero attached hydrogens (tertiary/aromatic N) is 2. The number of para-hydroxylation sites is 1. The van der Waals surface area contributed by atoms with E-state index >= 15 is 0 Å². The van der Waals surface area contributed by atoms with Crippen molar-refractivity contribution in [2.75, 3.05) is 5.73 Å². The zero-order valence-electron chi connectivity index (χ0n) is 12.0. The van der Waals surface area contributed by atoms with Gasteiger partial charge in [0, 0.05) is 11.3 Å². The Balaban J connectivity index is 2.13. The summed E-state index contributed by atoms with van der Waals surface area (Å²) in [5, 5.41) is 4.72. The molecule has 0 spiro atoms. The van der Waals surface area contributed by atoms with Crippen LogP contribution < -0.4 is 5.73 Å². The van der Waals surface area contributed by atoms with Crippen LogP contribution >= 0.6 is 0 Å².